The molecular formula is C11H25N3O2. The Morgan fingerprint density at radius 2 is 2.12 bits per heavy atom. The van der Waals surface area contributed by atoms with Crippen LogP contribution in [0.15, 0.2) is 5.16 Å². The monoisotopic (exact) mass is 231 g/mol. The predicted molar refractivity (Wildman–Crippen MR) is 65.6 cm³/mol. The van der Waals surface area contributed by atoms with Crippen molar-refractivity contribution in [2.75, 3.05) is 13.2 Å². The number of aliphatic hydroxyl groups is 1. The number of hydrogen-bond acceptors (Lipinski definition) is 4. The van der Waals surface area contributed by atoms with Crippen LogP contribution in [-0.2, 0) is 0 Å². The summed E-state index contributed by atoms with van der Waals surface area (Å²) in [7, 11) is 0. The molecule has 0 aliphatic heterocycles. The maximum Gasteiger partial charge on any atom is 0.156 e. The van der Waals surface area contributed by atoms with Gasteiger partial charge in [-0.25, -0.2) is 0 Å². The van der Waals surface area contributed by atoms with E-state index in [1.165, 1.54) is 0 Å². The van der Waals surface area contributed by atoms with E-state index in [0.29, 0.717) is 0 Å². The van der Waals surface area contributed by atoms with Gasteiger partial charge in [-0.15, -0.1) is 0 Å². The number of nitrogens with two attached hydrogens (primary N) is 1. The van der Waals surface area contributed by atoms with E-state index >= 15 is 0 Å². The van der Waals surface area contributed by atoms with Gasteiger partial charge in [0.15, 0.2) is 5.84 Å². The smallest absolute Gasteiger partial charge is 0.156 e. The van der Waals surface area contributed by atoms with Gasteiger partial charge in [-0.1, -0.05) is 25.9 Å². The van der Waals surface area contributed by atoms with Crippen LogP contribution >= 0.6 is 0 Å². The summed E-state index contributed by atoms with van der Waals surface area (Å²) in [4.78, 5) is 0. The summed E-state index contributed by atoms with van der Waals surface area (Å²) in [5.41, 5.74) is 5.66. The Morgan fingerprint density at radius 3 is 2.56 bits per heavy atom. The lowest BCUT2D eigenvalue weighted by Crippen LogP contribution is -2.44. The molecule has 0 saturated heterocycles. The van der Waals surface area contributed by atoms with Gasteiger partial charge < -0.3 is 21.4 Å². The minimum absolute atomic E-state index is 0.0848. The molecule has 0 saturated carbocycles. The molecule has 0 aromatic rings. The van der Waals surface area contributed by atoms with E-state index in [1.54, 1.807) is 0 Å². The molecule has 0 aliphatic rings. The van der Waals surface area contributed by atoms with Gasteiger partial charge in [0, 0.05) is 13.2 Å². The third kappa shape index (κ3) is 5.92. The Labute approximate surface area is 97.7 Å². The highest BCUT2D eigenvalue weighted by Crippen LogP contribution is 2.21. The lowest BCUT2D eigenvalue weighted by atomic mass is 9.87. The van der Waals surface area contributed by atoms with E-state index < -0.39 is 0 Å². The molecular weight excluding hydrogens is 206 g/mol. The fourth-order valence-electron chi connectivity index (χ4n) is 1.57. The highest BCUT2D eigenvalue weighted by molar-refractivity contribution is 5.85. The van der Waals surface area contributed by atoms with Crippen molar-refractivity contribution in [2.45, 2.75) is 46.1 Å². The molecule has 0 aromatic carbocycles. The van der Waals surface area contributed by atoms with Crippen molar-refractivity contribution < 1.29 is 10.3 Å². The van der Waals surface area contributed by atoms with Crippen LogP contribution in [0.5, 0.6) is 0 Å². The first-order valence-electron chi connectivity index (χ1n) is 5.78. The van der Waals surface area contributed by atoms with E-state index in [-0.39, 0.29) is 23.9 Å². The third-order valence-electron chi connectivity index (χ3n) is 2.72. The molecule has 16 heavy (non-hydrogen) atoms. The SMILES string of the molecule is CCC(NCC(C)(C)CCCO)C(N)=NO. The van der Waals surface area contributed by atoms with Crippen molar-refractivity contribution in [1.82, 2.24) is 5.32 Å². The van der Waals surface area contributed by atoms with Crippen LogP contribution in [0.1, 0.15) is 40.0 Å². The summed E-state index contributed by atoms with van der Waals surface area (Å²) in [6.45, 7) is 7.25. The number of nitrogens with zero attached hydrogens (tertiary/aromatic N) is 1. The molecule has 0 amide bonds. The molecule has 0 fully saturated rings. The predicted octanol–water partition coefficient (Wildman–Crippen LogP) is 0.900. The molecule has 96 valence electrons. The zero-order chi connectivity index (χ0) is 12.6. The minimum atomic E-state index is -0.0848. The maximum absolute atomic E-state index is 8.79. The summed E-state index contributed by atoms with van der Waals surface area (Å²) in [6.07, 6.45) is 2.53. The number of aliphatic hydroxyl groups excluding tert-OH is 1. The average Bonchev–Trinajstić information content (AvgIpc) is 2.26. The van der Waals surface area contributed by atoms with Crippen LogP contribution in [0.4, 0.5) is 0 Å². The van der Waals surface area contributed by atoms with Crippen molar-refractivity contribution in [3.63, 3.8) is 0 Å². The summed E-state index contributed by atoms with van der Waals surface area (Å²) in [6, 6.07) is -0.0848. The Kier molecular flexibility index (Phi) is 7.08. The number of amidine groups is 1. The van der Waals surface area contributed by atoms with Crippen molar-refractivity contribution >= 4 is 5.84 Å². The van der Waals surface area contributed by atoms with Gasteiger partial charge in [0.05, 0.1) is 6.04 Å². The maximum atomic E-state index is 8.79. The molecule has 0 aromatic heterocycles. The quantitative estimate of drug-likeness (QED) is 0.216. The Morgan fingerprint density at radius 1 is 1.50 bits per heavy atom. The van der Waals surface area contributed by atoms with Crippen LogP contribution in [-0.4, -0.2) is 35.3 Å². The molecule has 1 atom stereocenters. The largest absolute Gasteiger partial charge is 0.409 e. The van der Waals surface area contributed by atoms with Crippen LogP contribution in [0.2, 0.25) is 0 Å². The van der Waals surface area contributed by atoms with Crippen molar-refractivity contribution in [2.24, 2.45) is 16.3 Å². The summed E-state index contributed by atoms with van der Waals surface area (Å²) in [5, 5.41) is 23.7. The molecule has 0 heterocycles. The van der Waals surface area contributed by atoms with Crippen molar-refractivity contribution in [1.29, 1.82) is 0 Å². The lowest BCUT2D eigenvalue weighted by Gasteiger charge is -2.27. The fourth-order valence-corrected chi connectivity index (χ4v) is 1.57. The Balaban J connectivity index is 4.09. The van der Waals surface area contributed by atoms with Crippen molar-refractivity contribution in [3.05, 3.63) is 0 Å². The van der Waals surface area contributed by atoms with Gasteiger partial charge in [-0.3, -0.25) is 0 Å². The van der Waals surface area contributed by atoms with Crippen LogP contribution in [0, 0.1) is 5.41 Å². The van der Waals surface area contributed by atoms with Gasteiger partial charge in [-0.05, 0) is 24.7 Å². The van der Waals surface area contributed by atoms with Gasteiger partial charge in [0.1, 0.15) is 0 Å². The number of oxime groups is 1. The molecule has 1 unspecified atom stereocenters. The normalized spacial score (nSPS) is 15.1. The van der Waals surface area contributed by atoms with Gasteiger partial charge in [0.2, 0.25) is 0 Å². The van der Waals surface area contributed by atoms with Crippen molar-refractivity contribution in [3.8, 4) is 0 Å². The van der Waals surface area contributed by atoms with Gasteiger partial charge in [-0.2, -0.15) is 0 Å². The highest BCUT2D eigenvalue weighted by Gasteiger charge is 2.20. The topological polar surface area (TPSA) is 90.9 Å². The Hall–Kier alpha value is -0.810. The molecule has 5 heteroatoms. The summed E-state index contributed by atoms with van der Waals surface area (Å²) < 4.78 is 0. The van der Waals surface area contributed by atoms with E-state index in [9.17, 15) is 0 Å². The molecule has 0 radical (unpaired) electrons. The first kappa shape index (κ1) is 15.2. The second-order valence-corrected chi connectivity index (χ2v) is 4.86. The third-order valence-corrected chi connectivity index (χ3v) is 2.72. The molecule has 0 rings (SSSR count). The van der Waals surface area contributed by atoms with Crippen LogP contribution < -0.4 is 11.1 Å². The second-order valence-electron chi connectivity index (χ2n) is 4.86. The second kappa shape index (κ2) is 7.46. The molecule has 0 spiro atoms. The first-order chi connectivity index (χ1) is 7.46. The number of rotatable bonds is 8. The summed E-state index contributed by atoms with van der Waals surface area (Å²) >= 11 is 0. The van der Waals surface area contributed by atoms with E-state index in [0.717, 1.165) is 25.8 Å². The first-order valence-corrected chi connectivity index (χ1v) is 5.78. The molecule has 0 aliphatic carbocycles. The van der Waals surface area contributed by atoms with Gasteiger partial charge >= 0.3 is 0 Å². The zero-order valence-corrected chi connectivity index (χ0v) is 10.5. The van der Waals surface area contributed by atoms with E-state index in [1.807, 2.05) is 6.92 Å². The van der Waals surface area contributed by atoms with Crippen LogP contribution in [0.3, 0.4) is 0 Å². The number of hydrogen-bond donors (Lipinski definition) is 4. The Bertz CT molecular complexity index is 217. The van der Waals surface area contributed by atoms with E-state index in [2.05, 4.69) is 24.3 Å². The zero-order valence-electron chi connectivity index (χ0n) is 10.5. The highest BCUT2D eigenvalue weighted by atomic mass is 16.4. The minimum Gasteiger partial charge on any atom is -0.409 e. The molecule has 5 nitrogen and oxygen atoms in total. The summed E-state index contributed by atoms with van der Waals surface area (Å²) in [5.74, 6) is 0.223. The lowest BCUT2D eigenvalue weighted by molar-refractivity contribution is 0.234. The van der Waals surface area contributed by atoms with Gasteiger partial charge in [0.25, 0.3) is 0 Å². The van der Waals surface area contributed by atoms with Crippen LogP contribution in [0.25, 0.3) is 0 Å². The standard InChI is InChI=1S/C11H25N3O2/c1-4-9(10(12)14-16)13-8-11(2,3)6-5-7-15/h9,13,15-16H,4-8H2,1-3H3,(H2,12,14). The number of nitrogens with one attached hydrogen (secondary N) is 1. The molecule has 0 bridgehead atoms. The van der Waals surface area contributed by atoms with E-state index in [4.69, 9.17) is 16.0 Å². The fraction of sp³-hybridized carbons (Fsp3) is 0.909. The average molecular weight is 231 g/mol. The molecule has 5 N–H and O–H groups in total.